The molecule has 6 nitrogen and oxygen atoms in total. The van der Waals surface area contributed by atoms with E-state index >= 15 is 0 Å². The first kappa shape index (κ1) is 24.2. The van der Waals surface area contributed by atoms with Gasteiger partial charge < -0.3 is 15.1 Å². The van der Waals surface area contributed by atoms with Gasteiger partial charge in [0.05, 0.1) is 5.56 Å². The van der Waals surface area contributed by atoms with Crippen LogP contribution in [0.3, 0.4) is 0 Å². The summed E-state index contributed by atoms with van der Waals surface area (Å²) in [5.74, 6) is 2.01. The lowest BCUT2D eigenvalue weighted by Crippen LogP contribution is -2.50. The van der Waals surface area contributed by atoms with Crippen molar-refractivity contribution in [2.24, 2.45) is 11.8 Å². The molecular formula is C28H38N4O2. The highest BCUT2D eigenvalue weighted by Gasteiger charge is 2.29. The maximum absolute atomic E-state index is 13.0. The SMILES string of the molecule is CC1=CC=C(NC(=O)c2ccc(N3CCN(C(=O)[C@@H]4CCCC(C)CC4)CC3)nc2)CC=C1C. The van der Waals surface area contributed by atoms with E-state index < -0.39 is 0 Å². The quantitative estimate of drug-likeness (QED) is 0.649. The fourth-order valence-corrected chi connectivity index (χ4v) is 5.02. The Bertz CT molecular complexity index is 984. The third-order valence-corrected chi connectivity index (χ3v) is 7.59. The minimum absolute atomic E-state index is 0.141. The lowest BCUT2D eigenvalue weighted by Gasteiger charge is -2.37. The number of hydrogen-bond donors (Lipinski definition) is 1. The number of pyridine rings is 1. The van der Waals surface area contributed by atoms with E-state index in [4.69, 9.17) is 0 Å². The van der Waals surface area contributed by atoms with Gasteiger partial charge in [0.15, 0.2) is 0 Å². The van der Waals surface area contributed by atoms with E-state index in [-0.39, 0.29) is 11.8 Å². The summed E-state index contributed by atoms with van der Waals surface area (Å²) in [6.45, 7) is 9.49. The van der Waals surface area contributed by atoms with Crippen LogP contribution >= 0.6 is 0 Å². The van der Waals surface area contributed by atoms with Crippen LogP contribution < -0.4 is 10.2 Å². The van der Waals surface area contributed by atoms with Gasteiger partial charge >= 0.3 is 0 Å². The maximum Gasteiger partial charge on any atom is 0.256 e. The summed E-state index contributed by atoms with van der Waals surface area (Å²) in [6, 6.07) is 3.75. The number of nitrogens with zero attached hydrogens (tertiary/aromatic N) is 3. The molecule has 2 fully saturated rings. The summed E-state index contributed by atoms with van der Waals surface area (Å²) in [6.07, 6.45) is 14.2. The van der Waals surface area contributed by atoms with Crippen LogP contribution in [0.1, 0.15) is 69.7 Å². The predicted molar refractivity (Wildman–Crippen MR) is 136 cm³/mol. The molecule has 1 unspecified atom stereocenters. The first-order valence-electron chi connectivity index (χ1n) is 12.8. The fraction of sp³-hybridized carbons (Fsp3) is 0.536. The van der Waals surface area contributed by atoms with Crippen molar-refractivity contribution in [3.63, 3.8) is 0 Å². The first-order valence-corrected chi connectivity index (χ1v) is 12.8. The Morgan fingerprint density at radius 1 is 0.971 bits per heavy atom. The Hall–Kier alpha value is -2.89. The second kappa shape index (κ2) is 11.0. The molecule has 0 spiro atoms. The molecule has 2 atom stereocenters. The Morgan fingerprint density at radius 2 is 1.76 bits per heavy atom. The second-order valence-corrected chi connectivity index (χ2v) is 10.1. The Morgan fingerprint density at radius 3 is 2.50 bits per heavy atom. The summed E-state index contributed by atoms with van der Waals surface area (Å²) in [5, 5.41) is 3.01. The number of carbonyl (C=O) groups excluding carboxylic acids is 2. The smallest absolute Gasteiger partial charge is 0.256 e. The van der Waals surface area contributed by atoms with Gasteiger partial charge in [-0.05, 0) is 62.8 Å². The van der Waals surface area contributed by atoms with E-state index in [1.165, 1.54) is 30.4 Å². The van der Waals surface area contributed by atoms with Gasteiger partial charge in [-0.25, -0.2) is 4.98 Å². The summed E-state index contributed by atoms with van der Waals surface area (Å²) < 4.78 is 0. The van der Waals surface area contributed by atoms with Gasteiger partial charge in [-0.1, -0.05) is 37.5 Å². The summed E-state index contributed by atoms with van der Waals surface area (Å²) in [5.41, 5.74) is 3.87. The average molecular weight is 463 g/mol. The molecule has 1 saturated heterocycles. The Labute approximate surface area is 203 Å². The van der Waals surface area contributed by atoms with Crippen molar-refractivity contribution in [1.82, 2.24) is 15.2 Å². The van der Waals surface area contributed by atoms with Gasteiger partial charge in [0.1, 0.15) is 5.82 Å². The number of carbonyl (C=O) groups is 2. The number of nitrogens with one attached hydrogen (secondary N) is 1. The summed E-state index contributed by atoms with van der Waals surface area (Å²) in [7, 11) is 0. The van der Waals surface area contributed by atoms with Gasteiger partial charge in [-0.3, -0.25) is 9.59 Å². The minimum atomic E-state index is -0.141. The topological polar surface area (TPSA) is 65.5 Å². The molecule has 1 N–H and O–H groups in total. The number of anilines is 1. The maximum atomic E-state index is 13.0. The molecule has 2 amide bonds. The van der Waals surface area contributed by atoms with Crippen LogP contribution in [0.5, 0.6) is 0 Å². The third-order valence-electron chi connectivity index (χ3n) is 7.59. The first-order chi connectivity index (χ1) is 16.4. The van der Waals surface area contributed by atoms with Gasteiger partial charge in [0.25, 0.3) is 5.91 Å². The minimum Gasteiger partial charge on any atom is -0.353 e. The van der Waals surface area contributed by atoms with Crippen molar-refractivity contribution >= 4 is 17.6 Å². The molecule has 3 aliphatic rings. The van der Waals surface area contributed by atoms with Crippen LogP contribution in [0.25, 0.3) is 0 Å². The fourth-order valence-electron chi connectivity index (χ4n) is 5.02. The van der Waals surface area contributed by atoms with E-state index in [1.54, 1.807) is 6.20 Å². The lowest BCUT2D eigenvalue weighted by atomic mass is 9.97. The van der Waals surface area contributed by atoms with Crippen LogP contribution in [-0.4, -0.2) is 47.9 Å². The molecule has 1 aliphatic heterocycles. The molecule has 1 aromatic rings. The summed E-state index contributed by atoms with van der Waals surface area (Å²) >= 11 is 0. The zero-order chi connectivity index (χ0) is 24.1. The van der Waals surface area contributed by atoms with Crippen LogP contribution in [0.15, 0.2) is 53.4 Å². The molecular weight excluding hydrogens is 424 g/mol. The molecule has 0 radical (unpaired) electrons. The molecule has 0 bridgehead atoms. The number of rotatable bonds is 4. The lowest BCUT2D eigenvalue weighted by molar-refractivity contribution is -0.136. The monoisotopic (exact) mass is 462 g/mol. The molecule has 0 aromatic carbocycles. The highest BCUT2D eigenvalue weighted by molar-refractivity contribution is 5.95. The molecule has 4 rings (SSSR count). The van der Waals surface area contributed by atoms with Crippen molar-refractivity contribution in [1.29, 1.82) is 0 Å². The van der Waals surface area contributed by atoms with Gasteiger partial charge in [0, 0.05) is 50.4 Å². The van der Waals surface area contributed by atoms with E-state index in [2.05, 4.69) is 42.0 Å². The van der Waals surface area contributed by atoms with Crippen molar-refractivity contribution in [2.75, 3.05) is 31.1 Å². The number of hydrogen-bond acceptors (Lipinski definition) is 4. The highest BCUT2D eigenvalue weighted by atomic mass is 16.2. The Balaban J connectivity index is 1.29. The van der Waals surface area contributed by atoms with E-state index in [1.807, 2.05) is 29.2 Å². The van der Waals surface area contributed by atoms with Crippen LogP contribution in [-0.2, 0) is 4.79 Å². The number of piperazine rings is 1. The molecule has 182 valence electrons. The van der Waals surface area contributed by atoms with Crippen molar-refractivity contribution < 1.29 is 9.59 Å². The largest absolute Gasteiger partial charge is 0.353 e. The van der Waals surface area contributed by atoms with Crippen molar-refractivity contribution in [3.8, 4) is 0 Å². The Kier molecular flexibility index (Phi) is 7.86. The van der Waals surface area contributed by atoms with Crippen LogP contribution in [0, 0.1) is 11.8 Å². The zero-order valence-corrected chi connectivity index (χ0v) is 20.8. The van der Waals surface area contributed by atoms with Crippen LogP contribution in [0.4, 0.5) is 5.82 Å². The van der Waals surface area contributed by atoms with E-state index in [0.29, 0.717) is 17.9 Å². The van der Waals surface area contributed by atoms with Crippen molar-refractivity contribution in [3.05, 3.63) is 59.0 Å². The van der Waals surface area contributed by atoms with Gasteiger partial charge in [-0.15, -0.1) is 0 Å². The van der Waals surface area contributed by atoms with Crippen LogP contribution in [0.2, 0.25) is 0 Å². The number of allylic oxidation sites excluding steroid dienone is 5. The van der Waals surface area contributed by atoms with E-state index in [9.17, 15) is 9.59 Å². The molecule has 34 heavy (non-hydrogen) atoms. The zero-order valence-electron chi connectivity index (χ0n) is 20.8. The number of aromatic nitrogens is 1. The normalized spacial score (nSPS) is 23.8. The second-order valence-electron chi connectivity index (χ2n) is 10.1. The molecule has 2 heterocycles. The number of amides is 2. The summed E-state index contributed by atoms with van der Waals surface area (Å²) in [4.78, 5) is 34.5. The molecule has 1 aromatic heterocycles. The average Bonchev–Trinajstić information content (AvgIpc) is 3.17. The molecule has 1 saturated carbocycles. The van der Waals surface area contributed by atoms with Gasteiger partial charge in [0.2, 0.25) is 5.91 Å². The predicted octanol–water partition coefficient (Wildman–Crippen LogP) is 4.86. The van der Waals surface area contributed by atoms with Gasteiger partial charge in [-0.2, -0.15) is 0 Å². The standard InChI is InChI=1S/C28H38N4O2/c1-20-5-4-6-23(10-7-20)28(34)32-17-15-31(16-18-32)26-14-11-24(19-29-26)27(33)30-25-12-8-21(2)22(3)9-13-25/h8-9,11-12,14,19-20,23H,4-7,10,13,15-18H2,1-3H3,(H,30,33)/t20?,23-/m1/s1. The highest BCUT2D eigenvalue weighted by Crippen LogP contribution is 2.28. The molecule has 6 heteroatoms. The molecule has 2 aliphatic carbocycles. The third kappa shape index (κ3) is 5.96. The van der Waals surface area contributed by atoms with Crippen molar-refractivity contribution in [2.45, 2.75) is 59.3 Å². The van der Waals surface area contributed by atoms with E-state index in [0.717, 1.165) is 56.5 Å².